The summed E-state index contributed by atoms with van der Waals surface area (Å²) in [5, 5.41) is 0. The van der Waals surface area contributed by atoms with E-state index in [0.29, 0.717) is 18.4 Å². The van der Waals surface area contributed by atoms with Crippen LogP contribution < -0.4 is 0 Å². The van der Waals surface area contributed by atoms with Gasteiger partial charge in [0.15, 0.2) is 5.78 Å². The minimum Gasteiger partial charge on any atom is -0.347 e. The van der Waals surface area contributed by atoms with E-state index in [1.807, 2.05) is 6.08 Å². The fraction of sp³-hybridized carbons (Fsp3) is 0.727. The molecule has 0 radical (unpaired) electrons. The molecule has 14 heavy (non-hydrogen) atoms. The smallest absolute Gasteiger partial charge is 0.236 e. The third kappa shape index (κ3) is 0.708. The summed E-state index contributed by atoms with van der Waals surface area (Å²) >= 11 is 0. The zero-order valence-electron chi connectivity index (χ0n) is 8.40. The van der Waals surface area contributed by atoms with Gasteiger partial charge in [-0.15, -0.1) is 0 Å². The van der Waals surface area contributed by atoms with Crippen LogP contribution in [0.4, 0.5) is 0 Å². The average molecular weight is 194 g/mol. The second kappa shape index (κ2) is 2.47. The number of hydrogen-bond donors (Lipinski definition) is 0. The first-order chi connectivity index (χ1) is 6.70. The van der Waals surface area contributed by atoms with Gasteiger partial charge in [-0.25, -0.2) is 0 Å². The molecule has 0 aromatic heterocycles. The highest BCUT2D eigenvalue weighted by Crippen LogP contribution is 2.54. The van der Waals surface area contributed by atoms with E-state index in [2.05, 4.69) is 13.0 Å². The van der Waals surface area contributed by atoms with E-state index in [1.54, 1.807) is 7.11 Å². The Bertz CT molecular complexity index is 322. The number of ketones is 1. The highest BCUT2D eigenvalue weighted by molar-refractivity contribution is 5.93. The SMILES string of the molecule is CO[C@@]12OC[C@@H]3[C@@H](C)[C@@H](C=C[C@H]31)C2=O. The largest absolute Gasteiger partial charge is 0.347 e. The summed E-state index contributed by atoms with van der Waals surface area (Å²) in [7, 11) is 1.57. The molecule has 1 heterocycles. The quantitative estimate of drug-likeness (QED) is 0.584. The third-order valence-corrected chi connectivity index (χ3v) is 4.11. The van der Waals surface area contributed by atoms with Crippen LogP contribution >= 0.6 is 0 Å². The summed E-state index contributed by atoms with van der Waals surface area (Å²) in [6.07, 6.45) is 4.13. The second-order valence-corrected chi connectivity index (χ2v) is 4.51. The first-order valence-electron chi connectivity index (χ1n) is 5.12. The number of ether oxygens (including phenoxy) is 2. The maximum Gasteiger partial charge on any atom is 0.236 e. The number of Topliss-reactive ketones (excluding diaryl/α,β-unsaturated/α-hetero) is 1. The third-order valence-electron chi connectivity index (χ3n) is 4.11. The van der Waals surface area contributed by atoms with Gasteiger partial charge in [0.1, 0.15) is 0 Å². The molecule has 5 atom stereocenters. The summed E-state index contributed by atoms with van der Waals surface area (Å²) in [5.74, 6) is 0.198. The fourth-order valence-corrected chi connectivity index (χ4v) is 3.22. The van der Waals surface area contributed by atoms with Gasteiger partial charge in [0.2, 0.25) is 5.79 Å². The Morgan fingerprint density at radius 3 is 3.07 bits per heavy atom. The topological polar surface area (TPSA) is 35.5 Å². The molecule has 0 aromatic carbocycles. The number of rotatable bonds is 1. The highest BCUT2D eigenvalue weighted by Gasteiger charge is 2.64. The molecular formula is C11H14O3. The Morgan fingerprint density at radius 2 is 2.36 bits per heavy atom. The summed E-state index contributed by atoms with van der Waals surface area (Å²) in [5.41, 5.74) is 0. The lowest BCUT2D eigenvalue weighted by Gasteiger charge is -2.44. The van der Waals surface area contributed by atoms with Crippen molar-refractivity contribution in [1.82, 2.24) is 0 Å². The maximum atomic E-state index is 12.1. The van der Waals surface area contributed by atoms with E-state index in [-0.39, 0.29) is 17.6 Å². The first-order valence-corrected chi connectivity index (χ1v) is 5.12. The molecule has 3 aliphatic carbocycles. The predicted octanol–water partition coefficient (Wildman–Crippen LogP) is 0.996. The Labute approximate surface area is 83.1 Å². The van der Waals surface area contributed by atoms with Gasteiger partial charge in [0.25, 0.3) is 0 Å². The molecule has 4 aliphatic rings. The van der Waals surface area contributed by atoms with Crippen molar-refractivity contribution in [2.45, 2.75) is 12.7 Å². The lowest BCUT2D eigenvalue weighted by atomic mass is 9.61. The number of carbonyl (C=O) groups is 1. The van der Waals surface area contributed by atoms with Crippen molar-refractivity contribution in [3.63, 3.8) is 0 Å². The van der Waals surface area contributed by atoms with Crippen LogP contribution in [0.2, 0.25) is 0 Å². The lowest BCUT2D eigenvalue weighted by Crippen LogP contribution is -2.57. The van der Waals surface area contributed by atoms with E-state index >= 15 is 0 Å². The number of methoxy groups -OCH3 is 1. The zero-order chi connectivity index (χ0) is 9.92. The number of hydrogen-bond acceptors (Lipinski definition) is 3. The van der Waals surface area contributed by atoms with E-state index in [9.17, 15) is 4.79 Å². The molecule has 1 aliphatic heterocycles. The molecule has 0 N–H and O–H groups in total. The van der Waals surface area contributed by atoms with Gasteiger partial charge in [-0.3, -0.25) is 4.79 Å². The molecule has 0 unspecified atom stereocenters. The fourth-order valence-electron chi connectivity index (χ4n) is 3.22. The minimum atomic E-state index is -0.934. The van der Waals surface area contributed by atoms with E-state index in [4.69, 9.17) is 9.47 Å². The van der Waals surface area contributed by atoms with Crippen molar-refractivity contribution in [3.8, 4) is 0 Å². The first kappa shape index (κ1) is 8.62. The van der Waals surface area contributed by atoms with Gasteiger partial charge in [0, 0.05) is 18.9 Å². The van der Waals surface area contributed by atoms with Crippen LogP contribution in [0, 0.1) is 23.7 Å². The molecule has 76 valence electrons. The van der Waals surface area contributed by atoms with E-state index in [1.165, 1.54) is 0 Å². The maximum absolute atomic E-state index is 12.1. The molecule has 0 amide bonds. The lowest BCUT2D eigenvalue weighted by molar-refractivity contribution is -0.216. The predicted molar refractivity (Wildman–Crippen MR) is 49.5 cm³/mol. The van der Waals surface area contributed by atoms with E-state index < -0.39 is 5.79 Å². The molecule has 4 bridgehead atoms. The zero-order valence-corrected chi connectivity index (χ0v) is 8.40. The molecule has 1 saturated heterocycles. The van der Waals surface area contributed by atoms with Crippen molar-refractivity contribution in [3.05, 3.63) is 12.2 Å². The van der Waals surface area contributed by atoms with Crippen molar-refractivity contribution >= 4 is 5.78 Å². The number of allylic oxidation sites excluding steroid dienone is 1. The van der Waals surface area contributed by atoms with Crippen LogP contribution in [-0.4, -0.2) is 25.3 Å². The molecular weight excluding hydrogens is 180 g/mol. The van der Waals surface area contributed by atoms with Crippen LogP contribution in [0.25, 0.3) is 0 Å². The van der Waals surface area contributed by atoms with Crippen LogP contribution in [0.5, 0.6) is 0 Å². The average Bonchev–Trinajstić information content (AvgIpc) is 2.55. The molecule has 1 saturated carbocycles. The Kier molecular flexibility index (Phi) is 1.52. The van der Waals surface area contributed by atoms with Crippen molar-refractivity contribution in [2.75, 3.05) is 13.7 Å². The summed E-state index contributed by atoms with van der Waals surface area (Å²) in [6.45, 7) is 2.80. The molecule has 3 heteroatoms. The van der Waals surface area contributed by atoms with Gasteiger partial charge in [-0.1, -0.05) is 19.1 Å². The highest BCUT2D eigenvalue weighted by atomic mass is 16.7. The second-order valence-electron chi connectivity index (χ2n) is 4.51. The Morgan fingerprint density at radius 1 is 1.57 bits per heavy atom. The summed E-state index contributed by atoms with van der Waals surface area (Å²) in [6, 6.07) is 0. The Hall–Kier alpha value is -0.670. The van der Waals surface area contributed by atoms with Crippen molar-refractivity contribution < 1.29 is 14.3 Å². The number of carbonyl (C=O) groups excluding carboxylic acids is 1. The van der Waals surface area contributed by atoms with Crippen molar-refractivity contribution in [1.29, 1.82) is 0 Å². The molecule has 4 rings (SSSR count). The molecule has 2 fully saturated rings. The van der Waals surface area contributed by atoms with E-state index in [0.717, 1.165) is 0 Å². The normalized spacial score (nSPS) is 54.3. The van der Waals surface area contributed by atoms with Gasteiger partial charge < -0.3 is 9.47 Å². The van der Waals surface area contributed by atoms with Crippen LogP contribution in [-0.2, 0) is 14.3 Å². The minimum absolute atomic E-state index is 0.00690. The molecule has 0 aromatic rings. The van der Waals surface area contributed by atoms with Crippen molar-refractivity contribution in [2.24, 2.45) is 23.7 Å². The van der Waals surface area contributed by atoms with Gasteiger partial charge in [-0.2, -0.15) is 0 Å². The van der Waals surface area contributed by atoms with Gasteiger partial charge >= 0.3 is 0 Å². The van der Waals surface area contributed by atoms with Crippen LogP contribution in [0.15, 0.2) is 12.2 Å². The Balaban J connectivity index is 2.14. The van der Waals surface area contributed by atoms with Crippen LogP contribution in [0.1, 0.15) is 6.92 Å². The summed E-state index contributed by atoms with van der Waals surface area (Å²) < 4.78 is 10.9. The monoisotopic (exact) mass is 194 g/mol. The standard InChI is InChI=1S/C11H14O3/c1-6-7-3-4-9-8(6)5-14-11(9,13-2)10(7)12/h3-4,6-9H,5H2,1-2H3/t6-,7+,8+,9+,11+/m0/s1. The van der Waals surface area contributed by atoms with Gasteiger partial charge in [-0.05, 0) is 11.8 Å². The molecule has 0 spiro atoms. The van der Waals surface area contributed by atoms with Gasteiger partial charge in [0.05, 0.1) is 6.61 Å². The molecule has 3 nitrogen and oxygen atoms in total. The van der Waals surface area contributed by atoms with Crippen LogP contribution in [0.3, 0.4) is 0 Å². The summed E-state index contributed by atoms with van der Waals surface area (Å²) in [4.78, 5) is 12.1.